The molecule has 11 heteroatoms. The van der Waals surface area contributed by atoms with E-state index in [0.717, 1.165) is 16.7 Å². The summed E-state index contributed by atoms with van der Waals surface area (Å²) < 4.78 is 22.3. The van der Waals surface area contributed by atoms with Gasteiger partial charge < -0.3 is 14.7 Å². The zero-order chi connectivity index (χ0) is 23.6. The number of halogens is 1. The predicted molar refractivity (Wildman–Crippen MR) is 116 cm³/mol. The van der Waals surface area contributed by atoms with Crippen LogP contribution in [0.3, 0.4) is 0 Å². The van der Waals surface area contributed by atoms with E-state index in [-0.39, 0.29) is 25.6 Å². The van der Waals surface area contributed by atoms with Crippen LogP contribution in [0.2, 0.25) is 0 Å². The Morgan fingerprint density at radius 3 is 2.88 bits per heavy atom. The van der Waals surface area contributed by atoms with Crippen LogP contribution in [-0.2, 0) is 20.9 Å². The number of piperidine rings is 1. The fraction of sp³-hybridized carbons (Fsp3) is 0.522. The van der Waals surface area contributed by atoms with E-state index in [1.165, 1.54) is 4.90 Å². The van der Waals surface area contributed by atoms with Gasteiger partial charge in [0.1, 0.15) is 12.8 Å². The fourth-order valence-electron chi connectivity index (χ4n) is 5.68. The average molecular weight is 468 g/mol. The molecular weight excluding hydrogens is 443 g/mol. The van der Waals surface area contributed by atoms with E-state index in [1.54, 1.807) is 11.6 Å². The number of aliphatic hydroxyl groups excluding tert-OH is 1. The number of likely N-dealkylation sites (tertiary alicyclic amines) is 2. The number of carbonyl (C=O) groups is 2. The largest absolute Gasteiger partial charge is 0.456 e. The van der Waals surface area contributed by atoms with Crippen LogP contribution in [0.15, 0.2) is 29.5 Å². The van der Waals surface area contributed by atoms with Gasteiger partial charge in [-0.05, 0) is 47.9 Å². The average Bonchev–Trinajstić information content (AvgIpc) is 3.56. The Balaban J connectivity index is 1.12. The number of aromatic nitrogens is 4. The van der Waals surface area contributed by atoms with Gasteiger partial charge >= 0.3 is 5.97 Å². The quantitative estimate of drug-likeness (QED) is 0.560. The Hall–Kier alpha value is -3.18. The number of nitrogens with zero attached hydrogens (tertiary/aromatic N) is 6. The van der Waals surface area contributed by atoms with Gasteiger partial charge in [-0.15, -0.1) is 5.10 Å². The van der Waals surface area contributed by atoms with Crippen molar-refractivity contribution >= 4 is 11.9 Å². The van der Waals surface area contributed by atoms with Crippen LogP contribution in [0.25, 0.3) is 11.4 Å². The number of cyclic esters (lactones) is 1. The molecule has 4 aliphatic heterocycles. The molecule has 0 radical (unpaired) electrons. The Labute approximate surface area is 195 Å². The molecule has 1 N–H and O–H groups in total. The van der Waals surface area contributed by atoms with Crippen molar-refractivity contribution in [3.05, 3.63) is 40.6 Å². The third-order valence-corrected chi connectivity index (χ3v) is 7.79. The van der Waals surface area contributed by atoms with Gasteiger partial charge in [-0.2, -0.15) is 0 Å². The predicted octanol–water partition coefficient (Wildman–Crippen LogP) is 0.828. The molecule has 1 aromatic heterocycles. The van der Waals surface area contributed by atoms with E-state index in [0.29, 0.717) is 49.6 Å². The molecule has 1 spiro atoms. The molecule has 1 amide bonds. The van der Waals surface area contributed by atoms with Crippen molar-refractivity contribution in [1.82, 2.24) is 30.0 Å². The van der Waals surface area contributed by atoms with Gasteiger partial charge in [0.15, 0.2) is 5.82 Å². The number of ether oxygens (including phenoxy) is 1. The molecule has 0 saturated carbocycles. The van der Waals surface area contributed by atoms with E-state index >= 15 is 4.39 Å². The second kappa shape index (κ2) is 7.67. The molecule has 2 fully saturated rings. The lowest BCUT2D eigenvalue weighted by Gasteiger charge is -2.41. The molecule has 10 nitrogen and oxygen atoms in total. The zero-order valence-electron chi connectivity index (χ0n) is 18.8. The molecule has 4 aliphatic rings. The highest BCUT2D eigenvalue weighted by atomic mass is 19.1. The minimum absolute atomic E-state index is 0.0660. The lowest BCUT2D eigenvalue weighted by molar-refractivity contribution is -0.142. The van der Waals surface area contributed by atoms with Crippen molar-refractivity contribution in [2.45, 2.75) is 38.6 Å². The number of alkyl halides is 1. The number of hydrogen-bond donors (Lipinski definition) is 1. The highest BCUT2D eigenvalue weighted by Gasteiger charge is 2.56. The summed E-state index contributed by atoms with van der Waals surface area (Å²) in [5.74, 6) is 0.0353. The highest BCUT2D eigenvalue weighted by molar-refractivity contribution is 5.94. The van der Waals surface area contributed by atoms with Crippen molar-refractivity contribution in [3.63, 3.8) is 0 Å². The minimum atomic E-state index is -1.35. The third-order valence-electron chi connectivity index (χ3n) is 7.79. The number of esters is 1. The Morgan fingerprint density at radius 1 is 1.29 bits per heavy atom. The number of aliphatic hydroxyl groups is 1. The summed E-state index contributed by atoms with van der Waals surface area (Å²) in [5, 5.41) is 22.5. The van der Waals surface area contributed by atoms with Gasteiger partial charge in [-0.3, -0.25) is 9.69 Å². The second-order valence-corrected chi connectivity index (χ2v) is 9.58. The molecule has 178 valence electrons. The third kappa shape index (κ3) is 3.10. The molecular formula is C23H25FN6O4. The van der Waals surface area contributed by atoms with Crippen LogP contribution in [0.1, 0.15) is 37.0 Å². The maximum absolute atomic E-state index is 15.5. The van der Waals surface area contributed by atoms with Crippen LogP contribution in [-0.4, -0.2) is 85.9 Å². The molecule has 2 saturated heterocycles. The minimum Gasteiger partial charge on any atom is -0.456 e. The summed E-state index contributed by atoms with van der Waals surface area (Å²) in [7, 11) is 0. The van der Waals surface area contributed by atoms with E-state index in [4.69, 9.17) is 4.74 Å². The number of hydrogen-bond acceptors (Lipinski definition) is 8. The number of rotatable bonds is 4. The van der Waals surface area contributed by atoms with Gasteiger partial charge in [0.2, 0.25) is 5.91 Å². The molecule has 2 aromatic rings. The maximum atomic E-state index is 15.5. The lowest BCUT2D eigenvalue weighted by Crippen LogP contribution is -2.53. The normalized spacial score (nSPS) is 27.5. The van der Waals surface area contributed by atoms with Crippen molar-refractivity contribution in [1.29, 1.82) is 0 Å². The monoisotopic (exact) mass is 468 g/mol. The Morgan fingerprint density at radius 2 is 2.12 bits per heavy atom. The van der Waals surface area contributed by atoms with Gasteiger partial charge in [-0.25, -0.2) is 13.9 Å². The molecule has 0 aliphatic carbocycles. The van der Waals surface area contributed by atoms with Crippen molar-refractivity contribution in [2.24, 2.45) is 5.41 Å². The summed E-state index contributed by atoms with van der Waals surface area (Å²) in [6.07, 6.45) is -1.34. The first-order chi connectivity index (χ1) is 16.4. The molecule has 0 bridgehead atoms. The summed E-state index contributed by atoms with van der Waals surface area (Å²) in [4.78, 5) is 28.4. The first kappa shape index (κ1) is 21.4. The molecule has 1 aromatic carbocycles. The fourth-order valence-corrected chi connectivity index (χ4v) is 5.68. The van der Waals surface area contributed by atoms with Gasteiger partial charge in [-0.1, -0.05) is 18.2 Å². The van der Waals surface area contributed by atoms with E-state index in [1.807, 2.05) is 23.1 Å². The Kier molecular flexibility index (Phi) is 4.82. The molecule has 5 heterocycles. The molecule has 0 unspecified atom stereocenters. The maximum Gasteiger partial charge on any atom is 0.336 e. The number of amides is 1. The van der Waals surface area contributed by atoms with E-state index in [2.05, 4.69) is 15.5 Å². The SMILES string of the molecule is CC1=C(N2CC[C@]3(CCN(C[C@H](O)c4ccc5c(c4)Cn4nnnc4-5)C[C@H]3F)C2=O)COC1=O. The summed E-state index contributed by atoms with van der Waals surface area (Å²) >= 11 is 0. The Bertz CT molecular complexity index is 1230. The van der Waals surface area contributed by atoms with E-state index < -0.39 is 23.7 Å². The molecule has 6 rings (SSSR count). The standard InChI is InChI=1S/C23H25FN6O4/c1-13-17(12-34-21(13)32)29-7-5-23(22(29)33)4-6-28(11-19(23)24)10-18(31)14-2-3-16-15(8-14)9-30-20(16)25-26-27-30/h2-3,8,18-19,31H,4-7,9-12H2,1H3/t18-,19+,23-/m0/s1. The smallest absolute Gasteiger partial charge is 0.336 e. The van der Waals surface area contributed by atoms with Crippen LogP contribution >= 0.6 is 0 Å². The van der Waals surface area contributed by atoms with Crippen LogP contribution in [0.4, 0.5) is 4.39 Å². The summed E-state index contributed by atoms with van der Waals surface area (Å²) in [6.45, 7) is 3.53. The topological polar surface area (TPSA) is 114 Å². The summed E-state index contributed by atoms with van der Waals surface area (Å²) in [6, 6.07) is 5.70. The zero-order valence-corrected chi connectivity index (χ0v) is 18.8. The first-order valence-corrected chi connectivity index (χ1v) is 11.5. The number of tetrazole rings is 1. The van der Waals surface area contributed by atoms with Gasteiger partial charge in [0.05, 0.1) is 29.3 Å². The number of benzene rings is 1. The van der Waals surface area contributed by atoms with Crippen molar-refractivity contribution < 1.29 is 23.8 Å². The van der Waals surface area contributed by atoms with Crippen LogP contribution < -0.4 is 0 Å². The first-order valence-electron chi connectivity index (χ1n) is 11.5. The van der Waals surface area contributed by atoms with Crippen molar-refractivity contribution in [2.75, 3.05) is 32.8 Å². The summed E-state index contributed by atoms with van der Waals surface area (Å²) in [5.41, 5.74) is 2.63. The number of carbonyl (C=O) groups excluding carboxylic acids is 2. The highest BCUT2D eigenvalue weighted by Crippen LogP contribution is 2.45. The second-order valence-electron chi connectivity index (χ2n) is 9.58. The van der Waals surface area contributed by atoms with Crippen LogP contribution in [0.5, 0.6) is 0 Å². The van der Waals surface area contributed by atoms with Crippen LogP contribution in [0, 0.1) is 5.41 Å². The van der Waals surface area contributed by atoms with E-state index in [9.17, 15) is 14.7 Å². The molecule has 34 heavy (non-hydrogen) atoms. The van der Waals surface area contributed by atoms with Gasteiger partial charge in [0, 0.05) is 25.2 Å². The van der Waals surface area contributed by atoms with Crippen molar-refractivity contribution in [3.8, 4) is 11.4 Å². The molecule has 3 atom stereocenters. The van der Waals surface area contributed by atoms with Gasteiger partial charge in [0.25, 0.3) is 0 Å². The number of fused-ring (bicyclic) bond motifs is 3. The number of β-amino-alcohol motifs (C(OH)–C–C–N with tert-alkyl or cyclic N) is 1. The lowest BCUT2D eigenvalue weighted by atomic mass is 9.75.